The van der Waals surface area contributed by atoms with E-state index in [-0.39, 0.29) is 5.41 Å². The Labute approximate surface area is 301 Å². The average molecular weight is 669 g/mol. The smallest absolute Gasteiger partial charge is 0.160 e. The van der Waals surface area contributed by atoms with Gasteiger partial charge in [-0.1, -0.05) is 146 Å². The normalized spacial score (nSPS) is 14.8. The van der Waals surface area contributed by atoms with Crippen LogP contribution in [0.15, 0.2) is 176 Å². The number of benzene rings is 7. The third kappa shape index (κ3) is 4.77. The van der Waals surface area contributed by atoms with Crippen LogP contribution in [0.2, 0.25) is 0 Å². The monoisotopic (exact) mass is 668 g/mol. The molecule has 0 saturated carbocycles. The van der Waals surface area contributed by atoms with Gasteiger partial charge in [-0.25, -0.2) is 9.97 Å². The van der Waals surface area contributed by atoms with Gasteiger partial charge < -0.3 is 0 Å². The fourth-order valence-electron chi connectivity index (χ4n) is 8.05. The quantitative estimate of drug-likeness (QED) is 0.182. The zero-order valence-electron chi connectivity index (χ0n) is 28.0. The molecule has 7 aromatic carbocycles. The largest absolute Gasteiger partial charge is 0.228 e. The Morgan fingerprint density at radius 2 is 1.06 bits per heavy atom. The van der Waals surface area contributed by atoms with E-state index in [0.29, 0.717) is 0 Å². The maximum absolute atomic E-state index is 5.30. The lowest BCUT2D eigenvalue weighted by Crippen LogP contribution is -2.22. The van der Waals surface area contributed by atoms with Crippen molar-refractivity contribution in [3.8, 4) is 56.2 Å². The van der Waals surface area contributed by atoms with Crippen LogP contribution in [-0.4, -0.2) is 9.97 Å². The molecular weight excluding hydrogens is 637 g/mol. The zero-order chi connectivity index (χ0) is 33.9. The molecule has 0 spiro atoms. The molecule has 0 N–H and O–H groups in total. The summed E-state index contributed by atoms with van der Waals surface area (Å²) in [5.74, 6) is 0.717. The van der Waals surface area contributed by atoms with Gasteiger partial charge in [-0.2, -0.15) is 0 Å². The van der Waals surface area contributed by atoms with E-state index >= 15 is 0 Å². The van der Waals surface area contributed by atoms with Crippen molar-refractivity contribution in [2.45, 2.75) is 12.3 Å². The molecule has 2 aromatic heterocycles. The molecule has 1 aliphatic carbocycles. The minimum atomic E-state index is -0.287. The Bertz CT molecular complexity index is 2760. The van der Waals surface area contributed by atoms with Crippen LogP contribution in [-0.2, 0) is 5.41 Å². The number of hydrogen-bond acceptors (Lipinski definition) is 3. The Hall–Kier alpha value is -6.16. The van der Waals surface area contributed by atoms with Gasteiger partial charge in [-0.3, -0.25) is 0 Å². The molecule has 2 nitrogen and oxygen atoms in total. The van der Waals surface area contributed by atoms with Crippen LogP contribution in [0.4, 0.5) is 0 Å². The molecular formula is C48H32N2S. The van der Waals surface area contributed by atoms with Gasteiger partial charge >= 0.3 is 0 Å². The predicted octanol–water partition coefficient (Wildman–Crippen LogP) is 12.8. The molecule has 1 aliphatic rings. The number of thiophene rings is 1. The van der Waals surface area contributed by atoms with Gasteiger partial charge in [0.05, 0.1) is 11.4 Å². The van der Waals surface area contributed by atoms with E-state index in [0.717, 1.165) is 33.9 Å². The Morgan fingerprint density at radius 1 is 0.431 bits per heavy atom. The standard InChI is InChI=1S/C48H32N2S/c1-48(35-18-6-3-7-19-35)40-23-10-8-21-37(40)46-38(22-13-24-41(46)48)43-30-42(49-47(50-43)31-14-4-2-5-15-31)34-17-12-16-32(28-34)33-26-27-45-39(29-33)36-20-9-11-25-44(36)51-45/h2-30H,1H3. The molecule has 0 aliphatic heterocycles. The van der Waals surface area contributed by atoms with E-state index in [2.05, 4.69) is 177 Å². The fourth-order valence-corrected chi connectivity index (χ4v) is 9.14. The molecule has 240 valence electrons. The highest BCUT2D eigenvalue weighted by Crippen LogP contribution is 2.55. The van der Waals surface area contributed by atoms with Crippen LogP contribution in [0.5, 0.6) is 0 Å². The molecule has 0 amide bonds. The molecule has 0 bridgehead atoms. The molecule has 1 atom stereocenters. The highest BCUT2D eigenvalue weighted by Gasteiger charge is 2.41. The Balaban J connectivity index is 1.16. The summed E-state index contributed by atoms with van der Waals surface area (Å²) in [5.41, 5.74) is 13.5. The van der Waals surface area contributed by atoms with E-state index in [1.807, 2.05) is 17.4 Å². The molecule has 10 rings (SSSR count). The lowest BCUT2D eigenvalue weighted by Gasteiger charge is -2.28. The topological polar surface area (TPSA) is 25.8 Å². The van der Waals surface area contributed by atoms with Crippen molar-refractivity contribution >= 4 is 31.5 Å². The number of aromatic nitrogens is 2. The van der Waals surface area contributed by atoms with Gasteiger partial charge in [-0.15, -0.1) is 11.3 Å². The molecule has 9 aromatic rings. The van der Waals surface area contributed by atoms with Crippen LogP contribution < -0.4 is 0 Å². The van der Waals surface area contributed by atoms with Crippen molar-refractivity contribution in [3.63, 3.8) is 0 Å². The van der Waals surface area contributed by atoms with E-state index in [4.69, 9.17) is 9.97 Å². The van der Waals surface area contributed by atoms with Gasteiger partial charge in [0.15, 0.2) is 5.82 Å². The zero-order valence-corrected chi connectivity index (χ0v) is 28.9. The second-order valence-corrected chi connectivity index (χ2v) is 14.6. The number of nitrogens with zero attached hydrogens (tertiary/aromatic N) is 2. The van der Waals surface area contributed by atoms with Crippen molar-refractivity contribution in [2.24, 2.45) is 0 Å². The first-order chi connectivity index (χ1) is 25.1. The average Bonchev–Trinajstić information content (AvgIpc) is 3.71. The summed E-state index contributed by atoms with van der Waals surface area (Å²) < 4.78 is 2.63. The van der Waals surface area contributed by atoms with Crippen LogP contribution >= 0.6 is 11.3 Å². The molecule has 2 heterocycles. The summed E-state index contributed by atoms with van der Waals surface area (Å²) in [6.07, 6.45) is 0. The van der Waals surface area contributed by atoms with Gasteiger partial charge in [-0.05, 0) is 76.2 Å². The SMILES string of the molecule is CC1(c2ccccc2)c2ccccc2-c2c(-c3cc(-c4cccc(-c5ccc6sc7ccccc7c6c5)c4)nc(-c4ccccc4)n3)cccc21. The van der Waals surface area contributed by atoms with Gasteiger partial charge in [0, 0.05) is 42.3 Å². The van der Waals surface area contributed by atoms with Crippen LogP contribution in [0, 0.1) is 0 Å². The second-order valence-electron chi connectivity index (χ2n) is 13.5. The first kappa shape index (κ1) is 29.7. The van der Waals surface area contributed by atoms with Gasteiger partial charge in [0.1, 0.15) is 0 Å². The first-order valence-corrected chi connectivity index (χ1v) is 18.2. The highest BCUT2D eigenvalue weighted by molar-refractivity contribution is 7.25. The summed E-state index contributed by atoms with van der Waals surface area (Å²) in [6.45, 7) is 2.36. The molecule has 0 radical (unpaired) electrons. The van der Waals surface area contributed by atoms with E-state index in [9.17, 15) is 0 Å². The third-order valence-corrected chi connectivity index (χ3v) is 11.7. The van der Waals surface area contributed by atoms with Crippen molar-refractivity contribution in [3.05, 3.63) is 193 Å². The molecule has 51 heavy (non-hydrogen) atoms. The summed E-state index contributed by atoms with van der Waals surface area (Å²) in [5, 5.41) is 2.61. The van der Waals surface area contributed by atoms with Crippen molar-refractivity contribution in [1.29, 1.82) is 0 Å². The van der Waals surface area contributed by atoms with Crippen LogP contribution in [0.25, 0.3) is 76.3 Å². The van der Waals surface area contributed by atoms with Crippen LogP contribution in [0.3, 0.4) is 0 Å². The molecule has 1 unspecified atom stereocenters. The van der Waals surface area contributed by atoms with E-state index < -0.39 is 0 Å². The summed E-state index contributed by atoms with van der Waals surface area (Å²) in [4.78, 5) is 10.5. The van der Waals surface area contributed by atoms with Gasteiger partial charge in [0.25, 0.3) is 0 Å². The van der Waals surface area contributed by atoms with Gasteiger partial charge in [0.2, 0.25) is 0 Å². The van der Waals surface area contributed by atoms with E-state index in [1.165, 1.54) is 59.1 Å². The van der Waals surface area contributed by atoms with Crippen molar-refractivity contribution in [1.82, 2.24) is 9.97 Å². The first-order valence-electron chi connectivity index (χ1n) is 17.4. The minimum Gasteiger partial charge on any atom is -0.228 e. The molecule has 0 fully saturated rings. The summed E-state index contributed by atoms with van der Waals surface area (Å²) >= 11 is 1.85. The predicted molar refractivity (Wildman–Crippen MR) is 214 cm³/mol. The molecule has 3 heteroatoms. The molecule has 0 saturated heterocycles. The third-order valence-electron chi connectivity index (χ3n) is 10.6. The number of rotatable bonds is 5. The summed E-state index contributed by atoms with van der Waals surface area (Å²) in [7, 11) is 0. The number of fused-ring (bicyclic) bond motifs is 6. The lowest BCUT2D eigenvalue weighted by atomic mass is 9.74. The van der Waals surface area contributed by atoms with E-state index in [1.54, 1.807) is 0 Å². The van der Waals surface area contributed by atoms with Crippen LogP contribution in [0.1, 0.15) is 23.6 Å². The Kier molecular flexibility index (Phi) is 6.83. The minimum absolute atomic E-state index is 0.287. The van der Waals surface area contributed by atoms with Crippen molar-refractivity contribution < 1.29 is 0 Å². The van der Waals surface area contributed by atoms with Crippen molar-refractivity contribution in [2.75, 3.05) is 0 Å². The number of hydrogen-bond donors (Lipinski definition) is 0. The second kappa shape index (κ2) is 11.7. The lowest BCUT2D eigenvalue weighted by molar-refractivity contribution is 0.714. The fraction of sp³-hybridized carbons (Fsp3) is 0.0417. The Morgan fingerprint density at radius 3 is 1.94 bits per heavy atom. The maximum atomic E-state index is 5.30. The summed E-state index contributed by atoms with van der Waals surface area (Å²) in [6, 6.07) is 63.3. The highest BCUT2D eigenvalue weighted by atomic mass is 32.1. The maximum Gasteiger partial charge on any atom is 0.160 e.